The van der Waals surface area contributed by atoms with Gasteiger partial charge in [0.25, 0.3) is 5.91 Å². The number of nitrogens with one attached hydrogen (secondary N) is 2. The lowest BCUT2D eigenvalue weighted by Crippen LogP contribution is -2.43. The first-order chi connectivity index (χ1) is 14.6. The highest BCUT2D eigenvalue weighted by Crippen LogP contribution is 2.25. The van der Waals surface area contributed by atoms with Crippen LogP contribution in [0.5, 0.6) is 11.5 Å². The molecule has 2 N–H and O–H groups in total. The minimum atomic E-state index is -0.544. The van der Waals surface area contributed by atoms with Gasteiger partial charge in [-0.15, -0.1) is 0 Å². The summed E-state index contributed by atoms with van der Waals surface area (Å²) >= 11 is 0. The van der Waals surface area contributed by atoms with Gasteiger partial charge in [0.1, 0.15) is 0 Å². The molecule has 8 heteroatoms. The summed E-state index contributed by atoms with van der Waals surface area (Å²) in [7, 11) is 1.50. The highest BCUT2D eigenvalue weighted by molar-refractivity contribution is 5.84. The molecule has 0 radical (unpaired) electrons. The van der Waals surface area contributed by atoms with Crippen LogP contribution in [-0.4, -0.2) is 38.1 Å². The Kier molecular flexibility index (Phi) is 9.72. The highest BCUT2D eigenvalue weighted by Gasteiger charge is 2.10. The summed E-state index contributed by atoms with van der Waals surface area (Å²) in [6, 6.07) is 16.8. The molecule has 2 amide bonds. The van der Waals surface area contributed by atoms with Gasteiger partial charge in [-0.05, 0) is 30.5 Å². The molecular formula is C22H26N2O6. The third-order valence-corrected chi connectivity index (χ3v) is 4.04. The van der Waals surface area contributed by atoms with E-state index >= 15 is 0 Å². The number of carbonyl (C=O) groups excluding carboxylic acids is 3. The Morgan fingerprint density at radius 2 is 1.50 bits per heavy atom. The Morgan fingerprint density at radius 3 is 2.23 bits per heavy atom. The van der Waals surface area contributed by atoms with Crippen LogP contribution in [0, 0.1) is 0 Å². The van der Waals surface area contributed by atoms with Crippen LogP contribution in [-0.2, 0) is 25.5 Å². The van der Waals surface area contributed by atoms with Crippen molar-refractivity contribution < 1.29 is 28.6 Å². The Hall–Kier alpha value is -3.55. The molecule has 0 heterocycles. The van der Waals surface area contributed by atoms with Crippen molar-refractivity contribution in [3.63, 3.8) is 0 Å². The van der Waals surface area contributed by atoms with Crippen molar-refractivity contribution in [3.8, 4) is 11.5 Å². The van der Waals surface area contributed by atoms with Crippen LogP contribution < -0.4 is 20.3 Å². The lowest BCUT2D eigenvalue weighted by molar-refractivity contribution is -0.145. The Balaban J connectivity index is 1.54. The van der Waals surface area contributed by atoms with E-state index in [9.17, 15) is 14.4 Å². The van der Waals surface area contributed by atoms with E-state index < -0.39 is 17.8 Å². The van der Waals surface area contributed by atoms with Crippen LogP contribution in [0.2, 0.25) is 0 Å². The fourth-order valence-corrected chi connectivity index (χ4v) is 2.51. The second-order valence-corrected chi connectivity index (χ2v) is 6.35. The van der Waals surface area contributed by atoms with Crippen LogP contribution in [0.15, 0.2) is 54.6 Å². The molecule has 0 spiro atoms. The van der Waals surface area contributed by atoms with Crippen molar-refractivity contribution in [2.75, 3.05) is 20.3 Å². The van der Waals surface area contributed by atoms with Crippen molar-refractivity contribution in [2.45, 2.75) is 25.7 Å². The molecule has 2 aromatic rings. The quantitative estimate of drug-likeness (QED) is 0.332. The molecule has 0 bridgehead atoms. The van der Waals surface area contributed by atoms with E-state index in [0.29, 0.717) is 24.5 Å². The number of benzene rings is 2. The van der Waals surface area contributed by atoms with E-state index in [4.69, 9.17) is 14.2 Å². The van der Waals surface area contributed by atoms with Crippen LogP contribution in [0.4, 0.5) is 0 Å². The van der Waals surface area contributed by atoms with Gasteiger partial charge < -0.3 is 14.2 Å². The molecule has 0 atom stereocenters. The van der Waals surface area contributed by atoms with Crippen LogP contribution in [0.25, 0.3) is 0 Å². The van der Waals surface area contributed by atoms with Gasteiger partial charge >= 0.3 is 5.97 Å². The summed E-state index contributed by atoms with van der Waals surface area (Å²) < 4.78 is 15.6. The number of para-hydroxylation sites is 2. The lowest BCUT2D eigenvalue weighted by Gasteiger charge is -2.11. The summed E-state index contributed by atoms with van der Waals surface area (Å²) in [4.78, 5) is 35.2. The minimum absolute atomic E-state index is 0.0647. The fraction of sp³-hybridized carbons (Fsp3) is 0.318. The summed E-state index contributed by atoms with van der Waals surface area (Å²) in [6.45, 7) is -0.00349. The zero-order valence-corrected chi connectivity index (χ0v) is 16.9. The van der Waals surface area contributed by atoms with Gasteiger partial charge in [0.15, 0.2) is 18.1 Å². The Morgan fingerprint density at radius 1 is 0.833 bits per heavy atom. The molecule has 0 aliphatic carbocycles. The standard InChI is InChI=1S/C22H26N2O6/c1-28-18-11-5-6-12-19(18)30-16-21(26)24-23-20(25)13-14-22(27)29-15-7-10-17-8-3-2-4-9-17/h2-6,8-9,11-12H,7,10,13-16H2,1H3,(H,23,25)(H,24,26). The maximum absolute atomic E-state index is 11.8. The normalized spacial score (nSPS) is 10.0. The second-order valence-electron chi connectivity index (χ2n) is 6.35. The molecule has 30 heavy (non-hydrogen) atoms. The molecule has 0 saturated heterocycles. The number of rotatable bonds is 11. The topological polar surface area (TPSA) is 103 Å². The number of aryl methyl sites for hydroxylation is 1. The number of methoxy groups -OCH3 is 1. The van der Waals surface area contributed by atoms with E-state index in [1.165, 1.54) is 12.7 Å². The van der Waals surface area contributed by atoms with E-state index in [2.05, 4.69) is 10.9 Å². The molecule has 2 rings (SSSR count). The average molecular weight is 414 g/mol. The third kappa shape index (κ3) is 8.64. The molecule has 2 aromatic carbocycles. The van der Waals surface area contributed by atoms with Gasteiger partial charge in [0, 0.05) is 6.42 Å². The molecule has 0 fully saturated rings. The molecule has 8 nitrogen and oxygen atoms in total. The van der Waals surface area contributed by atoms with Gasteiger partial charge in [-0.25, -0.2) is 0 Å². The Labute approximate surface area is 175 Å². The summed E-state index contributed by atoms with van der Waals surface area (Å²) in [5.74, 6) is -0.586. The van der Waals surface area contributed by atoms with Crippen LogP contribution in [0.1, 0.15) is 24.8 Å². The first-order valence-corrected chi connectivity index (χ1v) is 9.61. The molecule has 0 saturated carbocycles. The van der Waals surface area contributed by atoms with Gasteiger partial charge in [0.05, 0.1) is 20.1 Å². The number of carbonyl (C=O) groups is 3. The van der Waals surface area contributed by atoms with Crippen molar-refractivity contribution in [2.24, 2.45) is 0 Å². The van der Waals surface area contributed by atoms with Gasteiger partial charge in [-0.1, -0.05) is 42.5 Å². The largest absolute Gasteiger partial charge is 0.493 e. The van der Waals surface area contributed by atoms with E-state index in [0.717, 1.165) is 6.42 Å². The van der Waals surface area contributed by atoms with Gasteiger partial charge in [-0.3, -0.25) is 25.2 Å². The maximum Gasteiger partial charge on any atom is 0.306 e. The molecule has 0 aromatic heterocycles. The van der Waals surface area contributed by atoms with Crippen molar-refractivity contribution in [3.05, 3.63) is 60.2 Å². The number of ether oxygens (including phenoxy) is 3. The third-order valence-electron chi connectivity index (χ3n) is 4.04. The smallest absolute Gasteiger partial charge is 0.306 e. The first-order valence-electron chi connectivity index (χ1n) is 9.61. The molecule has 0 unspecified atom stereocenters. The number of amides is 2. The number of esters is 1. The van der Waals surface area contributed by atoms with Crippen LogP contribution >= 0.6 is 0 Å². The number of hydrogen-bond donors (Lipinski definition) is 2. The lowest BCUT2D eigenvalue weighted by atomic mass is 10.1. The fourth-order valence-electron chi connectivity index (χ4n) is 2.51. The maximum atomic E-state index is 11.8. The summed E-state index contributed by atoms with van der Waals surface area (Å²) in [5, 5.41) is 0. The SMILES string of the molecule is COc1ccccc1OCC(=O)NNC(=O)CCC(=O)OCCCc1ccccc1. The van der Waals surface area contributed by atoms with E-state index in [1.54, 1.807) is 24.3 Å². The van der Waals surface area contributed by atoms with Gasteiger partial charge in [-0.2, -0.15) is 0 Å². The molecule has 0 aliphatic rings. The average Bonchev–Trinajstić information content (AvgIpc) is 2.78. The zero-order chi connectivity index (χ0) is 21.6. The van der Waals surface area contributed by atoms with Crippen molar-refractivity contribution in [1.29, 1.82) is 0 Å². The number of hydrogen-bond acceptors (Lipinski definition) is 6. The number of hydrazine groups is 1. The minimum Gasteiger partial charge on any atom is -0.493 e. The van der Waals surface area contributed by atoms with Crippen molar-refractivity contribution in [1.82, 2.24) is 10.9 Å². The monoisotopic (exact) mass is 414 g/mol. The summed E-state index contributed by atoms with van der Waals surface area (Å²) in [6.07, 6.45) is 1.37. The Bertz CT molecular complexity index is 825. The van der Waals surface area contributed by atoms with Crippen LogP contribution in [0.3, 0.4) is 0 Å². The highest BCUT2D eigenvalue weighted by atomic mass is 16.5. The predicted molar refractivity (Wildman–Crippen MR) is 110 cm³/mol. The van der Waals surface area contributed by atoms with E-state index in [1.807, 2.05) is 30.3 Å². The first kappa shape index (κ1) is 22.7. The molecule has 160 valence electrons. The van der Waals surface area contributed by atoms with Crippen molar-refractivity contribution >= 4 is 17.8 Å². The van der Waals surface area contributed by atoms with E-state index in [-0.39, 0.29) is 19.4 Å². The van der Waals surface area contributed by atoms with Gasteiger partial charge in [0.2, 0.25) is 5.91 Å². The second kappa shape index (κ2) is 12.8. The predicted octanol–water partition coefficient (Wildman–Crippen LogP) is 2.18. The summed E-state index contributed by atoms with van der Waals surface area (Å²) in [5.41, 5.74) is 5.64. The molecule has 0 aliphatic heterocycles. The molecular weight excluding hydrogens is 388 g/mol. The zero-order valence-electron chi connectivity index (χ0n) is 16.9.